The predicted octanol–water partition coefficient (Wildman–Crippen LogP) is -4.63. The van der Waals surface area contributed by atoms with E-state index in [0.717, 1.165) is 85.2 Å². The van der Waals surface area contributed by atoms with Crippen molar-refractivity contribution in [1.29, 1.82) is 0 Å². The minimum atomic E-state index is -2.47. The number of esters is 1. The first-order chi connectivity index (χ1) is 59.8. The lowest BCUT2D eigenvalue weighted by Crippen LogP contribution is -2.62. The maximum absolute atomic E-state index is 15.0. The summed E-state index contributed by atoms with van der Waals surface area (Å²) >= 11 is 5.46. The molecule has 2 aliphatic rings. The number of aliphatic carboxylic acids is 4. The summed E-state index contributed by atoms with van der Waals surface area (Å²) in [6.07, 6.45) is 0.744. The van der Waals surface area contributed by atoms with Crippen molar-refractivity contribution in [3.8, 4) is 0 Å². The number of aliphatic hydroxyl groups excluding tert-OH is 1. The van der Waals surface area contributed by atoms with Gasteiger partial charge in [-0.3, -0.25) is 91.1 Å². The second kappa shape index (κ2) is 53.2. The molecule has 3 heterocycles. The van der Waals surface area contributed by atoms with Gasteiger partial charge in [-0.25, -0.2) is 4.79 Å². The van der Waals surface area contributed by atoms with Crippen LogP contribution in [0.5, 0.6) is 0 Å². The summed E-state index contributed by atoms with van der Waals surface area (Å²) in [6.45, 7) is 4.13. The Hall–Kier alpha value is -13.0. The lowest BCUT2D eigenvalue weighted by Gasteiger charge is -2.30. The molecular weight excluding hydrogens is 1680 g/mol. The third-order valence-corrected chi connectivity index (χ3v) is 20.6. The molecular formula is C80H115N19O26S. The molecule has 2 aromatic carbocycles. The number of carbonyl (C=O) groups is 20. The van der Waals surface area contributed by atoms with Gasteiger partial charge in [0.05, 0.1) is 51.8 Å². The van der Waals surface area contributed by atoms with Crippen molar-refractivity contribution in [2.24, 2.45) is 11.7 Å². The van der Waals surface area contributed by atoms with E-state index < -0.39 is 261 Å². The molecule has 13 unspecified atom stereocenters. The fraction of sp³-hybridized carbons (Fsp3) is 0.562. The van der Waals surface area contributed by atoms with Crippen LogP contribution in [0.25, 0.3) is 10.9 Å². The standard InChI is InChI=1S/C80H115N19O26S/c1-5-6-7-8-9-10-12-25-60(103)90-51(32-45-38-85-49-23-16-14-20-46(45)49)73(118)93-52(34-59(82)102)74(119)95-55(37-66(112)113)75(120)98-68-44(4)125-79(124)56(33-58(101)47-21-13-15-22-48(47)81)96-78(123)67(42(2)31-63(106)107)97-76(121)57(41-100)91-62(105)39-86-70(115)53(35-64(108)109)92-69(114)43(3)88-72(117)54(36-65(110)111)94-71(116)50(89-61(104)40-87-77(68)122)24-19-26-83-80(126)84-27-30-99-28-17-11-18-29-99/h13-16,20-23,38,42-44,50-57,67-68,85,100H,5-12,17-19,24-37,39-41,81H2,1-4H3,(H2,82,102)(H,86,115)(H,87,122)(H,88,117)(H,89,104)(H,90,103)(H,91,105)(H,92,114)(H,93,118)(H,94,116)(H,95,119)(H,96,123)(H,97,121)(H,98,120)(H,106,107)(H,108,109)(H,110,111)(H,112,113)(H2,83,84,126). The van der Waals surface area contributed by atoms with Gasteiger partial charge >= 0.3 is 29.8 Å². The van der Waals surface area contributed by atoms with Gasteiger partial charge in [0.15, 0.2) is 10.9 Å². The highest BCUT2D eigenvalue weighted by Crippen LogP contribution is 2.22. The maximum atomic E-state index is 15.0. The number of aliphatic hydroxyl groups is 1. The third kappa shape index (κ3) is 36.4. The Balaban J connectivity index is 1.62. The van der Waals surface area contributed by atoms with Crippen molar-refractivity contribution in [2.45, 2.75) is 229 Å². The van der Waals surface area contributed by atoms with Gasteiger partial charge in [-0.15, -0.1) is 0 Å². The van der Waals surface area contributed by atoms with Crippen LogP contribution >= 0.6 is 12.2 Å². The largest absolute Gasteiger partial charge is 0.481 e. The number of ketones is 1. The molecule has 0 bridgehead atoms. The number of thiocarbonyl (C=S) groups is 1. The molecule has 126 heavy (non-hydrogen) atoms. The number of para-hydroxylation sites is 2. The Morgan fingerprint density at radius 2 is 1.12 bits per heavy atom. The number of benzene rings is 2. The first-order valence-corrected chi connectivity index (χ1v) is 41.7. The number of nitrogen functional groups attached to an aromatic ring is 1. The SMILES string of the molecule is CCCCCCCCCC(=O)NC(Cc1c[nH]c2ccccc12)C(=O)NC(CC(N)=O)C(=O)NC(CC(=O)O)C(=O)NC1C(=O)NCC(=O)NC(CCCNC(=S)NCCN2CCCCC2)C(=O)NC(CC(=O)O)C(=O)NC(C)C(=O)NC(CC(=O)O)C(=O)NCC(=O)NC(CO)C(=O)NC(C(C)CC(=O)O)C(=O)NC(CC(=O)c2ccccc2N)C(=O)OC1C. The summed E-state index contributed by atoms with van der Waals surface area (Å²) in [5.74, 6) is -29.8. The van der Waals surface area contributed by atoms with E-state index in [0.29, 0.717) is 42.4 Å². The first kappa shape index (κ1) is 104. The molecule has 2 fully saturated rings. The van der Waals surface area contributed by atoms with Crippen molar-refractivity contribution < 1.29 is 126 Å². The number of H-pyrrole nitrogens is 1. The number of Topliss-reactive ketones (excluding diaryl/α,β-unsaturated/α-hetero) is 1. The summed E-state index contributed by atoms with van der Waals surface area (Å²) in [5, 5.41) is 85.9. The number of aromatic amines is 1. The molecule has 45 nitrogen and oxygen atoms in total. The maximum Gasteiger partial charge on any atom is 0.329 e. The fourth-order valence-corrected chi connectivity index (χ4v) is 13.7. The third-order valence-electron chi connectivity index (χ3n) is 20.3. The van der Waals surface area contributed by atoms with Crippen LogP contribution in [0, 0.1) is 5.92 Å². The molecule has 2 saturated heterocycles. The van der Waals surface area contributed by atoms with E-state index in [4.69, 9.17) is 28.4 Å². The number of aromatic nitrogens is 1. The highest BCUT2D eigenvalue weighted by molar-refractivity contribution is 7.80. The lowest BCUT2D eigenvalue weighted by atomic mass is 9.96. The number of unbranched alkanes of at least 4 members (excludes halogenated alkanes) is 6. The average molecular weight is 1790 g/mol. The zero-order valence-electron chi connectivity index (χ0n) is 70.3. The van der Waals surface area contributed by atoms with Crippen molar-refractivity contribution in [3.63, 3.8) is 0 Å². The number of hydrogen-bond donors (Lipinski definition) is 23. The van der Waals surface area contributed by atoms with Gasteiger partial charge in [-0.05, 0) is 101 Å². The molecule has 5 rings (SSSR count). The minimum Gasteiger partial charge on any atom is -0.481 e. The van der Waals surface area contributed by atoms with Crippen LogP contribution in [0.1, 0.15) is 166 Å². The van der Waals surface area contributed by atoms with Gasteiger partial charge < -0.3 is 131 Å². The zero-order chi connectivity index (χ0) is 93.3. The highest BCUT2D eigenvalue weighted by Gasteiger charge is 2.41. The van der Waals surface area contributed by atoms with E-state index >= 15 is 4.79 Å². The second-order valence-electron chi connectivity index (χ2n) is 30.5. The number of primary amides is 1. The number of piperidine rings is 1. The van der Waals surface area contributed by atoms with Gasteiger partial charge in [0, 0.05) is 67.2 Å². The average Bonchev–Trinajstić information content (AvgIpc) is 1.61. The molecule has 3 aromatic rings. The van der Waals surface area contributed by atoms with E-state index in [1.54, 1.807) is 30.5 Å². The van der Waals surface area contributed by atoms with Crippen molar-refractivity contribution in [3.05, 3.63) is 65.9 Å². The summed E-state index contributed by atoms with van der Waals surface area (Å²) in [6, 6.07) is -10.7. The molecule has 46 heteroatoms. The number of nitrogens with one attached hydrogen (secondary N) is 16. The quantitative estimate of drug-likeness (QED) is 0.00840. The normalized spacial score (nSPS) is 21.2. The number of carboxylic acids is 4. The zero-order valence-corrected chi connectivity index (χ0v) is 71.1. The molecule has 14 amide bonds. The number of fused-ring (bicyclic) bond motifs is 1. The summed E-state index contributed by atoms with van der Waals surface area (Å²) in [7, 11) is 0. The molecule has 692 valence electrons. The number of nitrogens with two attached hydrogens (primary N) is 2. The molecule has 0 aliphatic carbocycles. The number of likely N-dealkylation sites (tertiary alicyclic amines) is 1. The number of nitrogens with zero attached hydrogens (tertiary/aromatic N) is 1. The van der Waals surface area contributed by atoms with E-state index in [1.807, 2.05) is 10.6 Å². The van der Waals surface area contributed by atoms with Gasteiger partial charge in [0.25, 0.3) is 0 Å². The summed E-state index contributed by atoms with van der Waals surface area (Å²) in [5.41, 5.74) is 12.4. The van der Waals surface area contributed by atoms with E-state index in [2.05, 4.69) is 85.9 Å². The van der Waals surface area contributed by atoms with Gasteiger partial charge in [0.2, 0.25) is 82.7 Å². The smallest absolute Gasteiger partial charge is 0.329 e. The van der Waals surface area contributed by atoms with Crippen LogP contribution in [-0.4, -0.2) is 284 Å². The van der Waals surface area contributed by atoms with Crippen LogP contribution in [0.2, 0.25) is 0 Å². The van der Waals surface area contributed by atoms with Gasteiger partial charge in [-0.1, -0.05) is 89.1 Å². The first-order valence-electron chi connectivity index (χ1n) is 41.3. The van der Waals surface area contributed by atoms with Gasteiger partial charge in [-0.2, -0.15) is 0 Å². The molecule has 13 atom stereocenters. The highest BCUT2D eigenvalue weighted by atomic mass is 32.1. The Morgan fingerprint density at radius 3 is 1.75 bits per heavy atom. The number of cyclic esters (lactones) is 1. The molecule has 25 N–H and O–H groups in total. The molecule has 2 aliphatic heterocycles. The van der Waals surface area contributed by atoms with E-state index in [-0.39, 0.29) is 42.2 Å². The Kier molecular flexibility index (Phi) is 43.7. The predicted molar refractivity (Wildman–Crippen MR) is 450 cm³/mol. The van der Waals surface area contributed by atoms with Crippen LogP contribution in [0.3, 0.4) is 0 Å². The molecule has 0 spiro atoms. The number of carboxylic acid groups (broad SMARTS) is 4. The number of carbonyl (C=O) groups excluding carboxylic acids is 16. The molecule has 0 radical (unpaired) electrons. The summed E-state index contributed by atoms with van der Waals surface area (Å²) < 4.78 is 5.75. The second-order valence-corrected chi connectivity index (χ2v) is 31.0. The fourth-order valence-electron chi connectivity index (χ4n) is 13.5. The van der Waals surface area contributed by atoms with Crippen LogP contribution in [0.4, 0.5) is 5.69 Å². The van der Waals surface area contributed by atoms with Crippen molar-refractivity contribution >= 4 is 152 Å². The Labute approximate surface area is 729 Å². The molecule has 0 saturated carbocycles. The van der Waals surface area contributed by atoms with Crippen LogP contribution in [0.15, 0.2) is 54.7 Å². The van der Waals surface area contributed by atoms with Crippen molar-refractivity contribution in [1.82, 2.24) is 89.6 Å². The van der Waals surface area contributed by atoms with Gasteiger partial charge in [0.1, 0.15) is 72.6 Å². The monoisotopic (exact) mass is 1790 g/mol. The number of ether oxygens (including phenoxy) is 1. The summed E-state index contributed by atoms with van der Waals surface area (Å²) in [4.78, 5) is 282. The van der Waals surface area contributed by atoms with E-state index in [1.165, 1.54) is 24.3 Å². The van der Waals surface area contributed by atoms with Crippen molar-refractivity contribution in [2.75, 3.05) is 58.2 Å². The Bertz CT molecular complexity index is 4390. The van der Waals surface area contributed by atoms with Crippen LogP contribution in [-0.2, 0) is 102 Å². The Morgan fingerprint density at radius 1 is 0.563 bits per heavy atom. The van der Waals surface area contributed by atoms with E-state index in [9.17, 15) is 117 Å². The number of rotatable bonds is 39. The molecule has 1 aromatic heterocycles. The number of amides is 14. The number of hydrogen-bond acceptors (Lipinski definition) is 25. The minimum absolute atomic E-state index is 0.0218. The number of anilines is 1. The topological polar surface area (TPSA) is 703 Å². The van der Waals surface area contributed by atoms with Crippen LogP contribution < -0.4 is 91.2 Å². The lowest BCUT2D eigenvalue weighted by molar-refractivity contribution is -0.156.